The number of nitrogens with zero attached hydrogens (tertiary/aromatic N) is 7. The predicted molar refractivity (Wildman–Crippen MR) is 104 cm³/mol. The molecule has 0 N–H and O–H groups in total. The molecule has 0 aliphatic carbocycles. The van der Waals surface area contributed by atoms with Crippen molar-refractivity contribution in [2.24, 2.45) is 7.05 Å². The second-order valence-corrected chi connectivity index (χ2v) is 6.98. The zero-order valence-corrected chi connectivity index (χ0v) is 15.2. The third-order valence-corrected chi connectivity index (χ3v) is 5.23. The summed E-state index contributed by atoms with van der Waals surface area (Å²) in [7, 11) is 1.96. The molecule has 0 spiro atoms. The van der Waals surface area contributed by atoms with Gasteiger partial charge in [0.25, 0.3) is 0 Å². The van der Waals surface area contributed by atoms with E-state index >= 15 is 0 Å². The molecule has 7 heteroatoms. The van der Waals surface area contributed by atoms with E-state index in [-0.39, 0.29) is 6.04 Å². The highest BCUT2D eigenvalue weighted by molar-refractivity contribution is 5.88. The molecule has 5 rings (SSSR count). The van der Waals surface area contributed by atoms with Crippen molar-refractivity contribution in [2.45, 2.75) is 25.3 Å². The number of piperidine rings is 1. The fraction of sp³-hybridized carbons (Fsp3) is 0.300. The number of para-hydroxylation sites is 1. The number of rotatable bonds is 3. The van der Waals surface area contributed by atoms with Crippen LogP contribution in [0.25, 0.3) is 16.7 Å². The smallest absolute Gasteiger partial charge is 0.168 e. The Morgan fingerprint density at radius 1 is 1.00 bits per heavy atom. The van der Waals surface area contributed by atoms with E-state index in [9.17, 15) is 0 Å². The van der Waals surface area contributed by atoms with Crippen molar-refractivity contribution in [3.8, 4) is 5.69 Å². The fourth-order valence-corrected chi connectivity index (χ4v) is 3.96. The summed E-state index contributed by atoms with van der Waals surface area (Å²) in [5, 5.41) is 9.94. The van der Waals surface area contributed by atoms with Gasteiger partial charge in [-0.3, -0.25) is 4.68 Å². The summed E-state index contributed by atoms with van der Waals surface area (Å²) in [6.45, 7) is 0.974. The van der Waals surface area contributed by atoms with Crippen LogP contribution in [0.1, 0.15) is 30.9 Å². The first kappa shape index (κ1) is 16.0. The van der Waals surface area contributed by atoms with Crippen LogP contribution >= 0.6 is 0 Å². The van der Waals surface area contributed by atoms with Crippen LogP contribution in [0.4, 0.5) is 5.82 Å². The summed E-state index contributed by atoms with van der Waals surface area (Å²) in [5.74, 6) is 0.954. The summed E-state index contributed by atoms with van der Waals surface area (Å²) in [4.78, 5) is 11.6. The molecule has 136 valence electrons. The van der Waals surface area contributed by atoms with Gasteiger partial charge in [-0.1, -0.05) is 18.2 Å². The Kier molecular flexibility index (Phi) is 3.85. The van der Waals surface area contributed by atoms with Crippen LogP contribution in [0.2, 0.25) is 0 Å². The van der Waals surface area contributed by atoms with E-state index in [1.807, 2.05) is 59.1 Å². The molecule has 1 aliphatic rings. The lowest BCUT2D eigenvalue weighted by molar-refractivity contribution is 0.470. The number of benzene rings is 1. The maximum absolute atomic E-state index is 4.65. The largest absolute Gasteiger partial charge is 0.349 e. The predicted octanol–water partition coefficient (Wildman–Crippen LogP) is 3.28. The second kappa shape index (κ2) is 6.50. The zero-order valence-electron chi connectivity index (χ0n) is 15.2. The Balaban J connectivity index is 1.61. The quantitative estimate of drug-likeness (QED) is 0.562. The number of aromatic nitrogens is 6. The lowest BCUT2D eigenvalue weighted by Gasteiger charge is -2.36. The lowest BCUT2D eigenvalue weighted by Crippen LogP contribution is -2.34. The Morgan fingerprint density at radius 2 is 1.89 bits per heavy atom. The number of hydrogen-bond acceptors (Lipinski definition) is 5. The summed E-state index contributed by atoms with van der Waals surface area (Å²) >= 11 is 0. The van der Waals surface area contributed by atoms with Crippen LogP contribution in [-0.4, -0.2) is 36.1 Å². The van der Waals surface area contributed by atoms with Gasteiger partial charge in [0.1, 0.15) is 12.1 Å². The highest BCUT2D eigenvalue weighted by Crippen LogP contribution is 2.36. The van der Waals surface area contributed by atoms with E-state index < -0.39 is 0 Å². The van der Waals surface area contributed by atoms with Gasteiger partial charge < -0.3 is 4.90 Å². The monoisotopic (exact) mass is 359 g/mol. The van der Waals surface area contributed by atoms with Crippen molar-refractivity contribution < 1.29 is 0 Å². The molecule has 1 atom stereocenters. The summed E-state index contributed by atoms with van der Waals surface area (Å²) < 4.78 is 3.74. The molecule has 0 radical (unpaired) electrons. The Bertz CT molecular complexity index is 1070. The molecule has 1 aromatic carbocycles. The SMILES string of the molecule is Cn1cc(C2CCCCN2c2ncnc3c2cnn3-c2ccccc2)cn1. The molecule has 1 unspecified atom stereocenters. The average Bonchev–Trinajstić information content (AvgIpc) is 3.35. The van der Waals surface area contributed by atoms with Crippen molar-refractivity contribution >= 4 is 16.9 Å². The van der Waals surface area contributed by atoms with E-state index in [0.29, 0.717) is 0 Å². The van der Waals surface area contributed by atoms with Gasteiger partial charge in [0, 0.05) is 25.4 Å². The van der Waals surface area contributed by atoms with E-state index in [2.05, 4.69) is 31.3 Å². The van der Waals surface area contributed by atoms with Crippen molar-refractivity contribution in [3.05, 3.63) is 60.8 Å². The van der Waals surface area contributed by atoms with Crippen molar-refractivity contribution in [1.82, 2.24) is 29.5 Å². The molecule has 1 saturated heterocycles. The van der Waals surface area contributed by atoms with Crippen molar-refractivity contribution in [3.63, 3.8) is 0 Å². The molecule has 27 heavy (non-hydrogen) atoms. The highest BCUT2D eigenvalue weighted by Gasteiger charge is 2.28. The second-order valence-electron chi connectivity index (χ2n) is 6.98. The van der Waals surface area contributed by atoms with Crippen LogP contribution in [-0.2, 0) is 7.05 Å². The lowest BCUT2D eigenvalue weighted by atomic mass is 9.97. The fourth-order valence-electron chi connectivity index (χ4n) is 3.96. The zero-order chi connectivity index (χ0) is 18.2. The van der Waals surface area contributed by atoms with Gasteiger partial charge in [-0.25, -0.2) is 14.6 Å². The van der Waals surface area contributed by atoms with Crippen LogP contribution in [0.5, 0.6) is 0 Å². The molecule has 4 heterocycles. The van der Waals surface area contributed by atoms with Gasteiger partial charge in [-0.2, -0.15) is 10.2 Å². The molecule has 7 nitrogen and oxygen atoms in total. The van der Waals surface area contributed by atoms with Gasteiger partial charge in [0.2, 0.25) is 0 Å². The summed E-state index contributed by atoms with van der Waals surface area (Å²) in [6.07, 6.45) is 11.1. The van der Waals surface area contributed by atoms with Crippen LogP contribution in [0.15, 0.2) is 55.2 Å². The maximum Gasteiger partial charge on any atom is 0.168 e. The van der Waals surface area contributed by atoms with Crippen LogP contribution in [0, 0.1) is 0 Å². The molecule has 4 aromatic rings. The van der Waals surface area contributed by atoms with Gasteiger partial charge in [-0.15, -0.1) is 0 Å². The first-order valence-electron chi connectivity index (χ1n) is 9.30. The van der Waals surface area contributed by atoms with Crippen molar-refractivity contribution in [1.29, 1.82) is 0 Å². The molecule has 1 aliphatic heterocycles. The first-order valence-corrected chi connectivity index (χ1v) is 9.30. The van der Waals surface area contributed by atoms with Crippen LogP contribution in [0.3, 0.4) is 0 Å². The van der Waals surface area contributed by atoms with Gasteiger partial charge in [0.15, 0.2) is 5.65 Å². The van der Waals surface area contributed by atoms with Crippen LogP contribution < -0.4 is 4.90 Å². The Labute approximate surface area is 157 Å². The Morgan fingerprint density at radius 3 is 2.70 bits per heavy atom. The average molecular weight is 359 g/mol. The van der Waals surface area contributed by atoms with E-state index in [1.54, 1.807) is 6.33 Å². The number of fused-ring (bicyclic) bond motifs is 1. The van der Waals surface area contributed by atoms with Gasteiger partial charge >= 0.3 is 0 Å². The highest BCUT2D eigenvalue weighted by atomic mass is 15.3. The van der Waals surface area contributed by atoms with Gasteiger partial charge in [0.05, 0.1) is 29.5 Å². The molecule has 1 fully saturated rings. The molecular weight excluding hydrogens is 338 g/mol. The number of anilines is 1. The summed E-state index contributed by atoms with van der Waals surface area (Å²) in [6, 6.07) is 10.4. The Hall–Kier alpha value is -3.22. The minimum absolute atomic E-state index is 0.283. The molecule has 0 saturated carbocycles. The first-order chi connectivity index (χ1) is 13.3. The number of aryl methyl sites for hydroxylation is 1. The molecule has 0 amide bonds. The normalized spacial score (nSPS) is 17.5. The van der Waals surface area contributed by atoms with Gasteiger partial charge in [-0.05, 0) is 31.4 Å². The minimum atomic E-state index is 0.283. The topological polar surface area (TPSA) is 64.7 Å². The van der Waals surface area contributed by atoms with E-state index in [0.717, 1.165) is 41.9 Å². The third-order valence-electron chi connectivity index (χ3n) is 5.23. The molecule has 0 bridgehead atoms. The maximum atomic E-state index is 4.65. The number of hydrogen-bond donors (Lipinski definition) is 0. The minimum Gasteiger partial charge on any atom is -0.349 e. The van der Waals surface area contributed by atoms with E-state index in [1.165, 1.54) is 12.0 Å². The standard InChI is InChI=1S/C20H21N7/c1-25-13-15(11-23-25)18-9-5-6-10-26(18)19-17-12-24-27(20(17)22-14-21-19)16-7-3-2-4-8-16/h2-4,7-8,11-14,18H,5-6,9-10H2,1H3. The summed E-state index contributed by atoms with van der Waals surface area (Å²) in [5.41, 5.74) is 3.07. The molecular formula is C20H21N7. The third kappa shape index (κ3) is 2.75. The van der Waals surface area contributed by atoms with Crippen molar-refractivity contribution in [2.75, 3.05) is 11.4 Å². The molecule has 3 aromatic heterocycles. The van der Waals surface area contributed by atoms with E-state index in [4.69, 9.17) is 0 Å².